The molecule has 0 aromatic carbocycles. The molecular formula is C6H9BrO. The van der Waals surface area contributed by atoms with Gasteiger partial charge in [0.2, 0.25) is 0 Å². The number of halogens is 1. The summed E-state index contributed by atoms with van der Waals surface area (Å²) in [5.41, 5.74) is -0.0139. The number of Topliss-reactive ketones (excluding diaryl/α,β-unsaturated/α-hetero) is 1. The first-order valence-electron chi connectivity index (χ1n) is 2.72. The Balaban J connectivity index is 2.60. The minimum atomic E-state index is -0.0139. The number of carbonyl (C=O) groups is 1. The molecule has 2 atom stereocenters. The van der Waals surface area contributed by atoms with E-state index in [0.29, 0.717) is 10.6 Å². The average molecular weight is 177 g/mol. The van der Waals surface area contributed by atoms with Crippen molar-refractivity contribution in [2.45, 2.75) is 25.1 Å². The molecule has 0 bridgehead atoms. The molecule has 46 valence electrons. The SMILES string of the molecule is CC(=O)[C@]1(C)C[C@H]1Br. The van der Waals surface area contributed by atoms with Gasteiger partial charge >= 0.3 is 0 Å². The number of ketones is 1. The molecule has 1 saturated carbocycles. The van der Waals surface area contributed by atoms with E-state index in [4.69, 9.17) is 0 Å². The lowest BCUT2D eigenvalue weighted by Crippen LogP contribution is -2.08. The van der Waals surface area contributed by atoms with Crippen molar-refractivity contribution < 1.29 is 4.79 Å². The van der Waals surface area contributed by atoms with Gasteiger partial charge in [-0.25, -0.2) is 0 Å². The normalized spacial score (nSPS) is 44.1. The Hall–Kier alpha value is 0.150. The van der Waals surface area contributed by atoms with Gasteiger partial charge in [-0.05, 0) is 13.3 Å². The summed E-state index contributed by atoms with van der Waals surface area (Å²) in [6, 6.07) is 0. The number of hydrogen-bond donors (Lipinski definition) is 0. The lowest BCUT2D eigenvalue weighted by atomic mass is 10.1. The van der Waals surface area contributed by atoms with E-state index in [0.717, 1.165) is 6.42 Å². The van der Waals surface area contributed by atoms with Gasteiger partial charge in [0.1, 0.15) is 5.78 Å². The van der Waals surface area contributed by atoms with E-state index in [1.54, 1.807) is 6.92 Å². The summed E-state index contributed by atoms with van der Waals surface area (Å²) in [4.78, 5) is 11.2. The van der Waals surface area contributed by atoms with Crippen LogP contribution < -0.4 is 0 Å². The molecule has 2 heteroatoms. The number of hydrogen-bond acceptors (Lipinski definition) is 1. The van der Waals surface area contributed by atoms with Crippen LogP contribution in [0.15, 0.2) is 0 Å². The second-order valence-electron chi connectivity index (χ2n) is 2.65. The van der Waals surface area contributed by atoms with Gasteiger partial charge in [-0.3, -0.25) is 4.79 Å². The van der Waals surface area contributed by atoms with Crippen LogP contribution in [0.5, 0.6) is 0 Å². The molecule has 0 amide bonds. The Morgan fingerprint density at radius 2 is 2.25 bits per heavy atom. The van der Waals surface area contributed by atoms with Crippen molar-refractivity contribution in [3.05, 3.63) is 0 Å². The van der Waals surface area contributed by atoms with Crippen LogP contribution in [-0.2, 0) is 4.79 Å². The molecule has 0 heterocycles. The van der Waals surface area contributed by atoms with Gasteiger partial charge in [-0.2, -0.15) is 0 Å². The molecule has 1 aliphatic carbocycles. The molecule has 0 aromatic rings. The summed E-state index contributed by atoms with van der Waals surface area (Å²) in [6.07, 6.45) is 1.02. The average Bonchev–Trinajstić information content (AvgIpc) is 2.17. The molecule has 0 aliphatic heterocycles. The van der Waals surface area contributed by atoms with Crippen LogP contribution in [-0.4, -0.2) is 10.6 Å². The van der Waals surface area contributed by atoms with Crippen molar-refractivity contribution >= 4 is 21.7 Å². The molecule has 0 aromatic heterocycles. The van der Waals surface area contributed by atoms with E-state index in [9.17, 15) is 4.79 Å². The number of alkyl halides is 1. The van der Waals surface area contributed by atoms with Crippen molar-refractivity contribution in [2.24, 2.45) is 5.41 Å². The highest BCUT2D eigenvalue weighted by molar-refractivity contribution is 9.09. The van der Waals surface area contributed by atoms with Crippen LogP contribution in [0.3, 0.4) is 0 Å². The highest BCUT2D eigenvalue weighted by atomic mass is 79.9. The zero-order chi connectivity index (χ0) is 6.36. The molecule has 0 radical (unpaired) electrons. The Morgan fingerprint density at radius 3 is 2.25 bits per heavy atom. The molecule has 1 fully saturated rings. The van der Waals surface area contributed by atoms with Gasteiger partial charge < -0.3 is 0 Å². The topological polar surface area (TPSA) is 17.1 Å². The molecule has 1 rings (SSSR count). The molecule has 1 aliphatic rings. The molecule has 8 heavy (non-hydrogen) atoms. The summed E-state index contributed by atoms with van der Waals surface area (Å²) in [5.74, 6) is 0.305. The highest BCUT2D eigenvalue weighted by Gasteiger charge is 2.52. The van der Waals surface area contributed by atoms with Crippen molar-refractivity contribution in [2.75, 3.05) is 0 Å². The number of rotatable bonds is 1. The number of carbonyl (C=O) groups excluding carboxylic acids is 1. The predicted octanol–water partition coefficient (Wildman–Crippen LogP) is 1.75. The fourth-order valence-electron chi connectivity index (χ4n) is 0.678. The van der Waals surface area contributed by atoms with Crippen molar-refractivity contribution in [3.8, 4) is 0 Å². The van der Waals surface area contributed by atoms with E-state index in [1.165, 1.54) is 0 Å². The second kappa shape index (κ2) is 1.56. The highest BCUT2D eigenvalue weighted by Crippen LogP contribution is 2.51. The molecular weight excluding hydrogens is 168 g/mol. The predicted molar refractivity (Wildman–Crippen MR) is 36.1 cm³/mol. The first-order chi connectivity index (χ1) is 3.57. The van der Waals surface area contributed by atoms with Crippen LogP contribution in [0.2, 0.25) is 0 Å². The van der Waals surface area contributed by atoms with Crippen LogP contribution in [0, 0.1) is 5.41 Å². The van der Waals surface area contributed by atoms with Gasteiger partial charge in [-0.1, -0.05) is 22.9 Å². The molecule has 0 N–H and O–H groups in total. The Bertz CT molecular complexity index is 132. The molecule has 1 nitrogen and oxygen atoms in total. The third-order valence-corrected chi connectivity index (χ3v) is 3.27. The van der Waals surface area contributed by atoms with Gasteiger partial charge in [0.25, 0.3) is 0 Å². The zero-order valence-electron chi connectivity index (χ0n) is 5.07. The maximum absolute atomic E-state index is 10.7. The second-order valence-corrected chi connectivity index (χ2v) is 3.75. The lowest BCUT2D eigenvalue weighted by molar-refractivity contribution is -0.121. The monoisotopic (exact) mass is 176 g/mol. The van der Waals surface area contributed by atoms with Crippen molar-refractivity contribution in [1.82, 2.24) is 0 Å². The lowest BCUT2D eigenvalue weighted by Gasteiger charge is -1.99. The summed E-state index contributed by atoms with van der Waals surface area (Å²) >= 11 is 3.38. The third-order valence-electron chi connectivity index (χ3n) is 1.94. The van der Waals surface area contributed by atoms with Crippen molar-refractivity contribution in [3.63, 3.8) is 0 Å². The fourth-order valence-corrected chi connectivity index (χ4v) is 1.67. The largest absolute Gasteiger partial charge is 0.299 e. The van der Waals surface area contributed by atoms with E-state index in [1.807, 2.05) is 6.92 Å². The molecule has 0 spiro atoms. The van der Waals surface area contributed by atoms with E-state index in [-0.39, 0.29) is 5.41 Å². The first-order valence-corrected chi connectivity index (χ1v) is 3.64. The summed E-state index contributed by atoms with van der Waals surface area (Å²) < 4.78 is 0. The maximum Gasteiger partial charge on any atom is 0.136 e. The van der Waals surface area contributed by atoms with E-state index < -0.39 is 0 Å². The Labute approximate surface area is 57.6 Å². The minimum absolute atomic E-state index is 0.0139. The molecule has 0 saturated heterocycles. The Morgan fingerprint density at radius 1 is 1.88 bits per heavy atom. The minimum Gasteiger partial charge on any atom is -0.299 e. The van der Waals surface area contributed by atoms with Crippen LogP contribution in [0.1, 0.15) is 20.3 Å². The van der Waals surface area contributed by atoms with Crippen LogP contribution in [0.25, 0.3) is 0 Å². The smallest absolute Gasteiger partial charge is 0.136 e. The standard InChI is InChI=1S/C6H9BrO/c1-4(8)6(2)3-5(6)7/h5H,3H2,1-2H3/t5-,6+/m1/s1. The van der Waals surface area contributed by atoms with Gasteiger partial charge in [0, 0.05) is 10.2 Å². The van der Waals surface area contributed by atoms with Gasteiger partial charge in [-0.15, -0.1) is 0 Å². The van der Waals surface area contributed by atoms with Crippen molar-refractivity contribution in [1.29, 1.82) is 0 Å². The van der Waals surface area contributed by atoms with Gasteiger partial charge in [0.05, 0.1) is 0 Å². The Kier molecular flexibility index (Phi) is 1.23. The zero-order valence-corrected chi connectivity index (χ0v) is 6.66. The summed E-state index contributed by atoms with van der Waals surface area (Å²) in [7, 11) is 0. The van der Waals surface area contributed by atoms with E-state index in [2.05, 4.69) is 15.9 Å². The maximum atomic E-state index is 10.7. The van der Waals surface area contributed by atoms with Gasteiger partial charge in [0.15, 0.2) is 0 Å². The van der Waals surface area contributed by atoms with Crippen LogP contribution in [0.4, 0.5) is 0 Å². The summed E-state index contributed by atoms with van der Waals surface area (Å²) in [5, 5.41) is 0. The van der Waals surface area contributed by atoms with Crippen LogP contribution >= 0.6 is 15.9 Å². The summed E-state index contributed by atoms with van der Waals surface area (Å²) in [6.45, 7) is 3.65. The third kappa shape index (κ3) is 0.711. The quantitative estimate of drug-likeness (QED) is 0.557. The molecule has 0 unspecified atom stereocenters. The fraction of sp³-hybridized carbons (Fsp3) is 0.833. The first kappa shape index (κ1) is 6.27. The van der Waals surface area contributed by atoms with E-state index >= 15 is 0 Å².